The number of nitrogens with zero attached hydrogens (tertiary/aromatic N) is 3. The van der Waals surface area contributed by atoms with Crippen LogP contribution in [-0.4, -0.2) is 37.3 Å². The van der Waals surface area contributed by atoms with E-state index in [1.165, 1.54) is 0 Å². The zero-order valence-electron chi connectivity index (χ0n) is 14.2. The summed E-state index contributed by atoms with van der Waals surface area (Å²) in [5, 5.41) is 10.4. The first-order valence-electron chi connectivity index (χ1n) is 7.63. The van der Waals surface area contributed by atoms with Crippen molar-refractivity contribution in [2.45, 2.75) is 0 Å². The fourth-order valence-electron chi connectivity index (χ4n) is 2.23. The van der Waals surface area contributed by atoms with Gasteiger partial charge in [0, 0.05) is 30.9 Å². The van der Waals surface area contributed by atoms with Gasteiger partial charge in [-0.05, 0) is 42.5 Å². The summed E-state index contributed by atoms with van der Waals surface area (Å²) < 4.78 is 10.7. The van der Waals surface area contributed by atoms with Gasteiger partial charge in [0.15, 0.2) is 0 Å². The fraction of sp³-hybridized carbons (Fsp3) is 0.167. The van der Waals surface area contributed by atoms with Gasteiger partial charge < -0.3 is 14.1 Å². The topological polar surface area (TPSA) is 80.5 Å². The largest absolute Gasteiger partial charge is 0.497 e. The van der Waals surface area contributed by atoms with E-state index in [2.05, 4.69) is 15.5 Å². The van der Waals surface area contributed by atoms with E-state index < -0.39 is 0 Å². The number of anilines is 2. The smallest absolute Gasteiger partial charge is 0.322 e. The van der Waals surface area contributed by atoms with Gasteiger partial charge in [-0.25, -0.2) is 0 Å². The summed E-state index contributed by atoms with van der Waals surface area (Å²) in [5.74, 6) is 0.672. The van der Waals surface area contributed by atoms with Crippen molar-refractivity contribution in [3.05, 3.63) is 54.1 Å². The van der Waals surface area contributed by atoms with Crippen LogP contribution in [0, 0.1) is 0 Å². The van der Waals surface area contributed by atoms with E-state index in [0.29, 0.717) is 22.8 Å². The quantitative estimate of drug-likeness (QED) is 0.770. The predicted octanol–water partition coefficient (Wildman–Crippen LogP) is 3.06. The molecule has 0 saturated carbocycles. The molecule has 3 rings (SSSR count). The van der Waals surface area contributed by atoms with Crippen LogP contribution >= 0.6 is 0 Å². The minimum atomic E-state index is -0.314. The van der Waals surface area contributed by atoms with Gasteiger partial charge in [0.05, 0.1) is 7.11 Å². The average molecular weight is 338 g/mol. The highest BCUT2D eigenvalue weighted by atomic mass is 16.5. The molecule has 0 bridgehead atoms. The van der Waals surface area contributed by atoms with Crippen LogP contribution in [0.1, 0.15) is 10.4 Å². The first-order valence-corrected chi connectivity index (χ1v) is 7.63. The maximum atomic E-state index is 12.3. The molecular weight excluding hydrogens is 320 g/mol. The third-order valence-corrected chi connectivity index (χ3v) is 3.61. The summed E-state index contributed by atoms with van der Waals surface area (Å²) in [7, 11) is 5.46. The van der Waals surface area contributed by atoms with Gasteiger partial charge >= 0.3 is 6.01 Å². The highest BCUT2D eigenvalue weighted by molar-refractivity contribution is 6.03. The molecule has 1 amide bonds. The normalized spacial score (nSPS) is 10.4. The van der Waals surface area contributed by atoms with Gasteiger partial charge in [0.1, 0.15) is 5.75 Å². The lowest BCUT2D eigenvalue weighted by Crippen LogP contribution is -2.13. The van der Waals surface area contributed by atoms with E-state index in [1.54, 1.807) is 25.3 Å². The molecule has 0 fully saturated rings. The third-order valence-electron chi connectivity index (χ3n) is 3.61. The molecule has 0 aliphatic rings. The molecule has 7 heteroatoms. The maximum absolute atomic E-state index is 12.3. The highest BCUT2D eigenvalue weighted by Gasteiger charge is 2.13. The summed E-state index contributed by atoms with van der Waals surface area (Å²) in [6.45, 7) is 0. The van der Waals surface area contributed by atoms with Gasteiger partial charge in [-0.1, -0.05) is 11.2 Å². The van der Waals surface area contributed by atoms with Crippen molar-refractivity contribution in [2.24, 2.45) is 0 Å². The number of ether oxygens (including phenoxy) is 1. The number of carbonyl (C=O) groups is 1. The summed E-state index contributed by atoms with van der Waals surface area (Å²) in [6.07, 6.45) is 0. The monoisotopic (exact) mass is 338 g/mol. The Kier molecular flexibility index (Phi) is 4.65. The molecule has 1 aromatic heterocycles. The van der Waals surface area contributed by atoms with Crippen LogP contribution in [0.5, 0.6) is 5.75 Å². The average Bonchev–Trinajstić information content (AvgIpc) is 3.10. The van der Waals surface area contributed by atoms with Gasteiger partial charge in [0.2, 0.25) is 5.89 Å². The van der Waals surface area contributed by atoms with Crippen molar-refractivity contribution < 1.29 is 13.9 Å². The zero-order chi connectivity index (χ0) is 17.8. The van der Waals surface area contributed by atoms with E-state index in [1.807, 2.05) is 49.3 Å². The molecule has 25 heavy (non-hydrogen) atoms. The van der Waals surface area contributed by atoms with Gasteiger partial charge in [-0.2, -0.15) is 0 Å². The second-order valence-electron chi connectivity index (χ2n) is 5.54. The number of hydrogen-bond acceptors (Lipinski definition) is 6. The van der Waals surface area contributed by atoms with Crippen molar-refractivity contribution in [2.75, 3.05) is 31.4 Å². The number of nitrogens with one attached hydrogen (secondary N) is 1. The summed E-state index contributed by atoms with van der Waals surface area (Å²) in [6, 6.07) is 14.5. The molecule has 0 radical (unpaired) electrons. The Morgan fingerprint density at radius 3 is 2.56 bits per heavy atom. The van der Waals surface area contributed by atoms with Crippen molar-refractivity contribution in [3.63, 3.8) is 0 Å². The predicted molar refractivity (Wildman–Crippen MR) is 95.0 cm³/mol. The van der Waals surface area contributed by atoms with Crippen LogP contribution in [0.2, 0.25) is 0 Å². The number of hydrogen-bond donors (Lipinski definition) is 1. The lowest BCUT2D eigenvalue weighted by atomic mass is 10.2. The molecule has 128 valence electrons. The minimum absolute atomic E-state index is 0.0412. The molecule has 3 aromatic rings. The van der Waals surface area contributed by atoms with Gasteiger partial charge in [0.25, 0.3) is 5.91 Å². The van der Waals surface area contributed by atoms with E-state index in [-0.39, 0.29) is 11.9 Å². The van der Waals surface area contributed by atoms with Crippen LogP contribution < -0.4 is 15.0 Å². The highest BCUT2D eigenvalue weighted by Crippen LogP contribution is 2.24. The second kappa shape index (κ2) is 7.04. The standard InChI is InChI=1S/C18H18N4O3/c1-22(2)14-9-7-12(8-10-14)16(23)19-18-21-20-17(25-18)13-5-4-6-15(11-13)24-3/h4-11H,1-3H3,(H,19,21,23). The lowest BCUT2D eigenvalue weighted by molar-refractivity contribution is 0.102. The Labute approximate surface area is 145 Å². The van der Waals surface area contributed by atoms with Gasteiger partial charge in [-0.15, -0.1) is 5.10 Å². The number of amides is 1. The van der Waals surface area contributed by atoms with Crippen molar-refractivity contribution >= 4 is 17.6 Å². The SMILES string of the molecule is COc1cccc(-c2nnc(NC(=O)c3ccc(N(C)C)cc3)o2)c1. The molecule has 7 nitrogen and oxygen atoms in total. The van der Waals surface area contributed by atoms with Crippen molar-refractivity contribution in [1.82, 2.24) is 10.2 Å². The zero-order valence-corrected chi connectivity index (χ0v) is 14.2. The summed E-state index contributed by atoms with van der Waals surface area (Å²) in [4.78, 5) is 14.2. The fourth-order valence-corrected chi connectivity index (χ4v) is 2.23. The molecule has 0 unspecified atom stereocenters. The maximum Gasteiger partial charge on any atom is 0.322 e. The Bertz CT molecular complexity index is 872. The number of rotatable bonds is 5. The molecule has 0 atom stereocenters. The lowest BCUT2D eigenvalue weighted by Gasteiger charge is -2.12. The number of carbonyl (C=O) groups excluding carboxylic acids is 1. The Morgan fingerprint density at radius 2 is 1.88 bits per heavy atom. The molecule has 0 aliphatic heterocycles. The van der Waals surface area contributed by atoms with E-state index >= 15 is 0 Å². The number of methoxy groups -OCH3 is 1. The van der Waals surface area contributed by atoms with Gasteiger partial charge in [-0.3, -0.25) is 10.1 Å². The Balaban J connectivity index is 1.73. The molecule has 2 aromatic carbocycles. The first-order chi connectivity index (χ1) is 12.1. The summed E-state index contributed by atoms with van der Waals surface area (Å²) >= 11 is 0. The number of benzene rings is 2. The molecule has 0 saturated heterocycles. The van der Waals surface area contributed by atoms with E-state index in [0.717, 1.165) is 5.69 Å². The molecular formula is C18H18N4O3. The summed E-state index contributed by atoms with van der Waals surface area (Å²) in [5.41, 5.74) is 2.23. The Morgan fingerprint density at radius 1 is 1.12 bits per heavy atom. The Hall–Kier alpha value is -3.35. The first kappa shape index (κ1) is 16.5. The number of aromatic nitrogens is 2. The van der Waals surface area contributed by atoms with Crippen LogP contribution in [0.3, 0.4) is 0 Å². The van der Waals surface area contributed by atoms with E-state index in [9.17, 15) is 4.79 Å². The van der Waals surface area contributed by atoms with E-state index in [4.69, 9.17) is 9.15 Å². The molecule has 0 spiro atoms. The molecule has 1 N–H and O–H groups in total. The molecule has 0 aliphatic carbocycles. The minimum Gasteiger partial charge on any atom is -0.497 e. The van der Waals surface area contributed by atoms with Crippen LogP contribution in [-0.2, 0) is 0 Å². The second-order valence-corrected chi connectivity index (χ2v) is 5.54. The third kappa shape index (κ3) is 3.77. The molecule has 1 heterocycles. The van der Waals surface area contributed by atoms with Crippen molar-refractivity contribution in [1.29, 1.82) is 0 Å². The van der Waals surface area contributed by atoms with Crippen LogP contribution in [0.15, 0.2) is 52.9 Å². The van der Waals surface area contributed by atoms with Crippen LogP contribution in [0.4, 0.5) is 11.7 Å². The van der Waals surface area contributed by atoms with Crippen LogP contribution in [0.25, 0.3) is 11.5 Å². The van der Waals surface area contributed by atoms with Crippen molar-refractivity contribution in [3.8, 4) is 17.2 Å².